The van der Waals surface area contributed by atoms with Gasteiger partial charge in [0.25, 0.3) is 0 Å². The molecule has 1 aromatic carbocycles. The fraction of sp³-hybridized carbons (Fsp3) is 0.500. The van der Waals surface area contributed by atoms with Crippen LogP contribution in [0.25, 0.3) is 0 Å². The quantitative estimate of drug-likeness (QED) is 0.769. The van der Waals surface area contributed by atoms with E-state index in [4.69, 9.17) is 9.84 Å². The van der Waals surface area contributed by atoms with Crippen LogP contribution in [0, 0.1) is 5.92 Å². The lowest BCUT2D eigenvalue weighted by Gasteiger charge is -2.24. The van der Waals surface area contributed by atoms with Crippen LogP contribution < -0.4 is 10.1 Å². The van der Waals surface area contributed by atoms with Crippen LogP contribution in [0.5, 0.6) is 5.75 Å². The number of carbonyl (C=O) groups excluding carboxylic acids is 1. The number of carboxylic acid groups (broad SMARTS) is 1. The van der Waals surface area contributed by atoms with Crippen molar-refractivity contribution in [3.8, 4) is 5.75 Å². The number of urea groups is 1. The zero-order valence-corrected chi connectivity index (χ0v) is 12.7. The van der Waals surface area contributed by atoms with E-state index in [1.54, 1.807) is 4.90 Å². The van der Waals surface area contributed by atoms with E-state index in [1.165, 1.54) is 0 Å². The molecule has 0 unspecified atom stereocenters. The van der Waals surface area contributed by atoms with Gasteiger partial charge in [-0.2, -0.15) is 0 Å². The molecule has 0 radical (unpaired) electrons. The van der Waals surface area contributed by atoms with Crippen LogP contribution in [0.1, 0.15) is 19.8 Å². The van der Waals surface area contributed by atoms with Gasteiger partial charge in [0.2, 0.25) is 0 Å². The molecule has 1 aromatic rings. The predicted octanol–water partition coefficient (Wildman–Crippen LogP) is 1.96. The zero-order chi connectivity index (χ0) is 15.9. The van der Waals surface area contributed by atoms with Gasteiger partial charge in [0.05, 0.1) is 6.54 Å². The summed E-state index contributed by atoms with van der Waals surface area (Å²) in [5, 5.41) is 11.8. The molecule has 0 aliphatic heterocycles. The van der Waals surface area contributed by atoms with Crippen LogP contribution in [0.4, 0.5) is 4.79 Å². The Labute approximate surface area is 130 Å². The maximum Gasteiger partial charge on any atom is 0.326 e. The van der Waals surface area contributed by atoms with E-state index in [0.29, 0.717) is 19.7 Å². The number of hydrogen-bond donors (Lipinski definition) is 2. The summed E-state index contributed by atoms with van der Waals surface area (Å²) in [6.45, 7) is 3.14. The number of carbonyl (C=O) groups is 2. The summed E-state index contributed by atoms with van der Waals surface area (Å²) in [4.78, 5) is 24.9. The normalized spacial score (nSPS) is 15.0. The summed E-state index contributed by atoms with van der Waals surface area (Å²) in [6.07, 6.45) is 1.72. The van der Waals surface area contributed by atoms with Crippen molar-refractivity contribution in [1.29, 1.82) is 0 Å². The molecular weight excluding hydrogens is 284 g/mol. The molecule has 120 valence electrons. The number of ether oxygens (including phenoxy) is 1. The molecule has 0 aromatic heterocycles. The Morgan fingerprint density at radius 1 is 1.36 bits per heavy atom. The second-order valence-electron chi connectivity index (χ2n) is 5.34. The van der Waals surface area contributed by atoms with Gasteiger partial charge in [-0.05, 0) is 37.8 Å². The third-order valence-electron chi connectivity index (χ3n) is 3.68. The Hall–Kier alpha value is -2.24. The minimum absolute atomic E-state index is 0.0701. The van der Waals surface area contributed by atoms with Crippen LogP contribution >= 0.6 is 0 Å². The third-order valence-corrected chi connectivity index (χ3v) is 3.68. The van der Waals surface area contributed by atoms with E-state index in [-0.39, 0.29) is 11.9 Å². The summed E-state index contributed by atoms with van der Waals surface area (Å²) >= 11 is 0. The van der Waals surface area contributed by atoms with E-state index < -0.39 is 12.0 Å². The summed E-state index contributed by atoms with van der Waals surface area (Å²) in [5.41, 5.74) is 0. The van der Waals surface area contributed by atoms with Gasteiger partial charge in [-0.25, -0.2) is 9.59 Å². The molecule has 0 spiro atoms. The number of hydrogen-bond acceptors (Lipinski definition) is 3. The van der Waals surface area contributed by atoms with Crippen LogP contribution in [-0.4, -0.2) is 47.7 Å². The molecule has 1 atom stereocenters. The van der Waals surface area contributed by atoms with Gasteiger partial charge in [-0.1, -0.05) is 18.2 Å². The molecule has 22 heavy (non-hydrogen) atoms. The minimum Gasteiger partial charge on any atom is -0.492 e. The number of benzene rings is 1. The molecule has 0 bridgehead atoms. The fourth-order valence-electron chi connectivity index (χ4n) is 2.23. The molecule has 1 fully saturated rings. The molecule has 0 saturated heterocycles. The molecular formula is C16H22N2O4. The molecule has 6 nitrogen and oxygen atoms in total. The lowest BCUT2D eigenvalue weighted by molar-refractivity contribution is -0.139. The van der Waals surface area contributed by atoms with E-state index in [1.807, 2.05) is 37.3 Å². The zero-order valence-electron chi connectivity index (χ0n) is 12.7. The van der Waals surface area contributed by atoms with E-state index >= 15 is 0 Å². The lowest BCUT2D eigenvalue weighted by Crippen LogP contribution is -2.49. The first kappa shape index (κ1) is 16.1. The highest BCUT2D eigenvalue weighted by Gasteiger charge is 2.37. The molecule has 6 heteroatoms. The second-order valence-corrected chi connectivity index (χ2v) is 5.34. The standard InChI is InChI=1S/C16H22N2O4/c1-2-18(10-11-22-13-6-4-3-5-7-13)16(21)17-14(15(19)20)12-8-9-12/h3-7,12,14H,2,8-11H2,1H3,(H,17,21)(H,19,20)/t14-/m0/s1. The molecule has 1 saturated carbocycles. The molecule has 2 N–H and O–H groups in total. The highest BCUT2D eigenvalue weighted by Crippen LogP contribution is 2.32. The van der Waals surface area contributed by atoms with Crippen molar-refractivity contribution >= 4 is 12.0 Å². The van der Waals surface area contributed by atoms with E-state index in [9.17, 15) is 9.59 Å². The van der Waals surface area contributed by atoms with Crippen molar-refractivity contribution in [2.75, 3.05) is 19.7 Å². The molecule has 2 amide bonds. The van der Waals surface area contributed by atoms with Crippen molar-refractivity contribution in [3.63, 3.8) is 0 Å². The van der Waals surface area contributed by atoms with Gasteiger partial charge < -0.3 is 20.1 Å². The van der Waals surface area contributed by atoms with E-state index in [2.05, 4.69) is 5.32 Å². The number of rotatable bonds is 8. The average molecular weight is 306 g/mol. The van der Waals surface area contributed by atoms with Gasteiger partial charge in [-0.3, -0.25) is 0 Å². The topological polar surface area (TPSA) is 78.9 Å². The van der Waals surface area contributed by atoms with Gasteiger partial charge in [-0.15, -0.1) is 0 Å². The number of likely N-dealkylation sites (N-methyl/N-ethyl adjacent to an activating group) is 1. The average Bonchev–Trinajstić information content (AvgIpc) is 3.34. The Kier molecular flexibility index (Phi) is 5.63. The van der Waals surface area contributed by atoms with Gasteiger partial charge in [0.1, 0.15) is 18.4 Å². The molecule has 0 heterocycles. The first-order chi connectivity index (χ1) is 10.6. The maximum atomic E-state index is 12.2. The van der Waals surface area contributed by atoms with Crippen LogP contribution in [-0.2, 0) is 4.79 Å². The maximum absolute atomic E-state index is 12.2. The summed E-state index contributed by atoms with van der Waals surface area (Å²) in [6, 6.07) is 8.24. The fourth-order valence-corrected chi connectivity index (χ4v) is 2.23. The van der Waals surface area contributed by atoms with Crippen molar-refractivity contribution in [2.24, 2.45) is 5.92 Å². The number of aliphatic carboxylic acids is 1. The third kappa shape index (κ3) is 4.65. The number of carboxylic acids is 1. The monoisotopic (exact) mass is 306 g/mol. The minimum atomic E-state index is -0.965. The lowest BCUT2D eigenvalue weighted by atomic mass is 10.2. The van der Waals surface area contributed by atoms with Gasteiger partial charge in [0.15, 0.2) is 0 Å². The van der Waals surface area contributed by atoms with Crippen LogP contribution in [0.15, 0.2) is 30.3 Å². The van der Waals surface area contributed by atoms with Crippen molar-refractivity contribution in [2.45, 2.75) is 25.8 Å². The number of nitrogens with zero attached hydrogens (tertiary/aromatic N) is 1. The Morgan fingerprint density at radius 3 is 2.59 bits per heavy atom. The number of para-hydroxylation sites is 1. The summed E-state index contributed by atoms with van der Waals surface area (Å²) in [5.74, 6) is -0.145. The van der Waals surface area contributed by atoms with Crippen molar-refractivity contribution in [1.82, 2.24) is 10.2 Å². The van der Waals surface area contributed by atoms with Gasteiger partial charge in [0, 0.05) is 6.54 Å². The highest BCUT2D eigenvalue weighted by molar-refractivity contribution is 5.83. The summed E-state index contributed by atoms with van der Waals surface area (Å²) in [7, 11) is 0. The molecule has 2 rings (SSSR count). The highest BCUT2D eigenvalue weighted by atomic mass is 16.5. The van der Waals surface area contributed by atoms with E-state index in [0.717, 1.165) is 18.6 Å². The van der Waals surface area contributed by atoms with Crippen molar-refractivity contribution < 1.29 is 19.4 Å². The largest absolute Gasteiger partial charge is 0.492 e. The Morgan fingerprint density at radius 2 is 2.05 bits per heavy atom. The van der Waals surface area contributed by atoms with Crippen LogP contribution in [0.3, 0.4) is 0 Å². The van der Waals surface area contributed by atoms with Gasteiger partial charge >= 0.3 is 12.0 Å². The number of nitrogens with one attached hydrogen (secondary N) is 1. The Balaban J connectivity index is 1.79. The van der Waals surface area contributed by atoms with Crippen LogP contribution in [0.2, 0.25) is 0 Å². The molecule has 1 aliphatic carbocycles. The predicted molar refractivity (Wildman–Crippen MR) is 81.9 cm³/mol. The SMILES string of the molecule is CCN(CCOc1ccccc1)C(=O)N[C@H](C(=O)O)C1CC1. The Bertz CT molecular complexity index is 502. The van der Waals surface area contributed by atoms with Crippen molar-refractivity contribution in [3.05, 3.63) is 30.3 Å². The first-order valence-electron chi connectivity index (χ1n) is 7.58. The smallest absolute Gasteiger partial charge is 0.326 e. The second kappa shape index (κ2) is 7.68. The number of amides is 2. The first-order valence-corrected chi connectivity index (χ1v) is 7.58. The summed E-state index contributed by atoms with van der Waals surface area (Å²) < 4.78 is 5.56. The molecule has 1 aliphatic rings.